The van der Waals surface area contributed by atoms with Gasteiger partial charge in [-0.25, -0.2) is 4.79 Å². The van der Waals surface area contributed by atoms with Gasteiger partial charge in [-0.15, -0.1) is 0 Å². The van der Waals surface area contributed by atoms with Gasteiger partial charge >= 0.3 is 5.97 Å². The molecule has 1 aromatic rings. The van der Waals surface area contributed by atoms with Gasteiger partial charge in [0.1, 0.15) is 6.04 Å². The van der Waals surface area contributed by atoms with Gasteiger partial charge in [0.05, 0.1) is 16.7 Å². The number of halogens is 2. The Hall–Kier alpha value is -0.930. The molecule has 20 heavy (non-hydrogen) atoms. The molecule has 1 N–H and O–H groups in total. The number of anilines is 1. The molecule has 0 aliphatic heterocycles. The van der Waals surface area contributed by atoms with Crippen LogP contribution in [0.5, 0.6) is 0 Å². The average molecular weight is 318 g/mol. The third-order valence-corrected chi connectivity index (χ3v) is 3.42. The van der Waals surface area contributed by atoms with E-state index in [1.165, 1.54) is 0 Å². The predicted molar refractivity (Wildman–Crippen MR) is 84.6 cm³/mol. The van der Waals surface area contributed by atoms with Crippen molar-refractivity contribution in [1.29, 1.82) is 0 Å². The molecule has 0 aromatic heterocycles. The van der Waals surface area contributed by atoms with Crippen LogP contribution in [0.3, 0.4) is 0 Å². The monoisotopic (exact) mass is 317 g/mol. The van der Waals surface area contributed by atoms with Crippen molar-refractivity contribution in [1.82, 2.24) is 0 Å². The topological polar surface area (TPSA) is 38.3 Å². The molecule has 5 heteroatoms. The Balaban J connectivity index is 2.70. The summed E-state index contributed by atoms with van der Waals surface area (Å²) in [5.74, 6) is 0.0952. The van der Waals surface area contributed by atoms with Gasteiger partial charge < -0.3 is 10.1 Å². The Bertz CT molecular complexity index is 449. The maximum absolute atomic E-state index is 12.1. The summed E-state index contributed by atoms with van der Waals surface area (Å²) in [7, 11) is 0. The second kappa shape index (κ2) is 8.38. The van der Waals surface area contributed by atoms with E-state index in [9.17, 15) is 4.79 Å². The lowest BCUT2D eigenvalue weighted by atomic mass is 10.1. The van der Waals surface area contributed by atoms with E-state index in [4.69, 9.17) is 27.9 Å². The molecule has 1 atom stereocenters. The number of hydrogen-bond donors (Lipinski definition) is 1. The molecule has 0 radical (unpaired) electrons. The molecule has 3 nitrogen and oxygen atoms in total. The number of carbonyl (C=O) groups excluding carboxylic acids is 1. The van der Waals surface area contributed by atoms with Crippen LogP contribution in [-0.4, -0.2) is 18.6 Å². The zero-order valence-electron chi connectivity index (χ0n) is 12.1. The zero-order valence-corrected chi connectivity index (χ0v) is 13.6. The van der Waals surface area contributed by atoms with Crippen LogP contribution in [-0.2, 0) is 9.53 Å². The summed E-state index contributed by atoms with van der Waals surface area (Å²) >= 11 is 11.8. The van der Waals surface area contributed by atoms with Gasteiger partial charge in [-0.2, -0.15) is 0 Å². The van der Waals surface area contributed by atoms with E-state index in [1.54, 1.807) is 18.2 Å². The van der Waals surface area contributed by atoms with Crippen LogP contribution < -0.4 is 5.32 Å². The molecule has 112 valence electrons. The van der Waals surface area contributed by atoms with Crippen LogP contribution in [0, 0.1) is 5.92 Å². The van der Waals surface area contributed by atoms with Crippen LogP contribution in [0.1, 0.15) is 33.6 Å². The summed E-state index contributed by atoms with van der Waals surface area (Å²) in [4.78, 5) is 12.1. The summed E-state index contributed by atoms with van der Waals surface area (Å²) in [6.07, 6.45) is 1.59. The van der Waals surface area contributed by atoms with Crippen molar-refractivity contribution in [2.75, 3.05) is 11.9 Å². The van der Waals surface area contributed by atoms with E-state index in [-0.39, 0.29) is 12.0 Å². The molecule has 0 saturated heterocycles. The van der Waals surface area contributed by atoms with E-state index in [0.717, 1.165) is 12.1 Å². The SMILES string of the molecule is CCCC(Nc1ccc(Cl)c(Cl)c1)C(=O)OCC(C)C. The summed E-state index contributed by atoms with van der Waals surface area (Å²) < 4.78 is 5.28. The number of ether oxygens (including phenoxy) is 1. The van der Waals surface area contributed by atoms with Gasteiger partial charge in [-0.05, 0) is 30.5 Å². The first-order valence-electron chi connectivity index (χ1n) is 6.82. The van der Waals surface area contributed by atoms with Crippen molar-refractivity contribution >= 4 is 34.9 Å². The third-order valence-electron chi connectivity index (χ3n) is 2.68. The minimum absolute atomic E-state index is 0.230. The molecule has 1 unspecified atom stereocenters. The summed E-state index contributed by atoms with van der Waals surface area (Å²) in [6, 6.07) is 4.85. The van der Waals surface area contributed by atoms with E-state index >= 15 is 0 Å². The van der Waals surface area contributed by atoms with Crippen LogP contribution in [0.25, 0.3) is 0 Å². The fourth-order valence-electron chi connectivity index (χ4n) is 1.67. The minimum Gasteiger partial charge on any atom is -0.464 e. The number of hydrogen-bond acceptors (Lipinski definition) is 3. The van der Waals surface area contributed by atoms with E-state index in [2.05, 4.69) is 5.32 Å². The Kier molecular flexibility index (Phi) is 7.17. The predicted octanol–water partition coefficient (Wildman–Crippen LogP) is 4.77. The van der Waals surface area contributed by atoms with Crippen molar-refractivity contribution < 1.29 is 9.53 Å². The van der Waals surface area contributed by atoms with Gasteiger partial charge in [0.2, 0.25) is 0 Å². The third kappa shape index (κ3) is 5.59. The number of nitrogens with one attached hydrogen (secondary N) is 1. The van der Waals surface area contributed by atoms with Crippen molar-refractivity contribution in [2.24, 2.45) is 5.92 Å². The molecule has 1 rings (SSSR count). The average Bonchev–Trinajstić information content (AvgIpc) is 2.39. The molecule has 0 heterocycles. The Morgan fingerprint density at radius 1 is 1.30 bits per heavy atom. The standard InChI is InChI=1S/C15H21Cl2NO2/c1-4-5-14(15(19)20-9-10(2)3)18-11-6-7-12(16)13(17)8-11/h6-8,10,14,18H,4-5,9H2,1-3H3. The Morgan fingerprint density at radius 2 is 2.00 bits per heavy atom. The van der Waals surface area contributed by atoms with Crippen molar-refractivity contribution in [3.05, 3.63) is 28.2 Å². The van der Waals surface area contributed by atoms with Gasteiger partial charge in [-0.1, -0.05) is 50.4 Å². The summed E-state index contributed by atoms with van der Waals surface area (Å²) in [6.45, 7) is 6.48. The number of rotatable bonds is 7. The molecule has 0 fully saturated rings. The van der Waals surface area contributed by atoms with Gasteiger partial charge in [-0.3, -0.25) is 0 Å². The summed E-state index contributed by atoms with van der Waals surface area (Å²) in [5, 5.41) is 4.11. The molecule has 1 aromatic carbocycles. The van der Waals surface area contributed by atoms with Gasteiger partial charge in [0, 0.05) is 5.69 Å². The number of esters is 1. The van der Waals surface area contributed by atoms with Crippen molar-refractivity contribution in [2.45, 2.75) is 39.7 Å². The second-order valence-corrected chi connectivity index (χ2v) is 5.95. The first-order chi connectivity index (χ1) is 9.43. The Labute approximate surface area is 130 Å². The number of benzene rings is 1. The molecule has 0 spiro atoms. The normalized spacial score (nSPS) is 12.3. The quantitative estimate of drug-likeness (QED) is 0.736. The lowest BCUT2D eigenvalue weighted by Crippen LogP contribution is -2.32. The largest absolute Gasteiger partial charge is 0.464 e. The van der Waals surface area contributed by atoms with Gasteiger partial charge in [0.25, 0.3) is 0 Å². The maximum atomic E-state index is 12.1. The molecule has 0 saturated carbocycles. The van der Waals surface area contributed by atoms with Gasteiger partial charge in [0.15, 0.2) is 0 Å². The lowest BCUT2D eigenvalue weighted by Gasteiger charge is -2.19. The highest BCUT2D eigenvalue weighted by molar-refractivity contribution is 6.42. The smallest absolute Gasteiger partial charge is 0.328 e. The number of carbonyl (C=O) groups is 1. The molecule has 0 aliphatic rings. The van der Waals surface area contributed by atoms with Crippen LogP contribution in [0.15, 0.2) is 18.2 Å². The summed E-state index contributed by atoms with van der Waals surface area (Å²) in [5.41, 5.74) is 0.763. The van der Waals surface area contributed by atoms with Crippen molar-refractivity contribution in [3.8, 4) is 0 Å². The zero-order chi connectivity index (χ0) is 15.1. The van der Waals surface area contributed by atoms with Crippen LogP contribution in [0.4, 0.5) is 5.69 Å². The molecule has 0 amide bonds. The van der Waals surface area contributed by atoms with Crippen LogP contribution >= 0.6 is 23.2 Å². The van der Waals surface area contributed by atoms with E-state index in [0.29, 0.717) is 29.0 Å². The van der Waals surface area contributed by atoms with E-state index in [1.807, 2.05) is 20.8 Å². The fraction of sp³-hybridized carbons (Fsp3) is 0.533. The Morgan fingerprint density at radius 3 is 2.55 bits per heavy atom. The fourth-order valence-corrected chi connectivity index (χ4v) is 1.97. The highest BCUT2D eigenvalue weighted by Gasteiger charge is 2.19. The molecule has 0 bridgehead atoms. The first-order valence-corrected chi connectivity index (χ1v) is 7.57. The van der Waals surface area contributed by atoms with E-state index < -0.39 is 0 Å². The highest BCUT2D eigenvalue weighted by Crippen LogP contribution is 2.25. The van der Waals surface area contributed by atoms with Crippen LogP contribution in [0.2, 0.25) is 10.0 Å². The first kappa shape index (κ1) is 17.1. The van der Waals surface area contributed by atoms with Crippen molar-refractivity contribution in [3.63, 3.8) is 0 Å². The highest BCUT2D eigenvalue weighted by atomic mass is 35.5. The minimum atomic E-state index is -0.365. The second-order valence-electron chi connectivity index (χ2n) is 5.14. The maximum Gasteiger partial charge on any atom is 0.328 e. The lowest BCUT2D eigenvalue weighted by molar-refractivity contribution is -0.145. The molecular weight excluding hydrogens is 297 g/mol. The molecule has 0 aliphatic carbocycles. The molecular formula is C15H21Cl2NO2.